The van der Waals surface area contributed by atoms with Gasteiger partial charge >= 0.3 is 5.97 Å². The minimum atomic E-state index is -1.50. The number of rotatable bonds is 8. The molecule has 40 heavy (non-hydrogen) atoms. The smallest absolute Gasteiger partial charge is 0.338 e. The van der Waals surface area contributed by atoms with Crippen molar-refractivity contribution in [2.45, 2.75) is 17.1 Å². The van der Waals surface area contributed by atoms with Crippen molar-refractivity contribution in [3.05, 3.63) is 121 Å². The van der Waals surface area contributed by atoms with Crippen LogP contribution >= 0.6 is 58.2 Å². The van der Waals surface area contributed by atoms with Gasteiger partial charge in [0.15, 0.2) is 0 Å². The fourth-order valence-electron chi connectivity index (χ4n) is 3.83. The van der Waals surface area contributed by atoms with Gasteiger partial charge in [-0.3, -0.25) is 9.59 Å². The number of aromatic carboxylic acids is 1. The Morgan fingerprint density at radius 1 is 0.750 bits per heavy atom. The Morgan fingerprint density at radius 3 is 2.02 bits per heavy atom. The highest BCUT2D eigenvalue weighted by atomic mass is 35.5. The number of carboxylic acid groups (broad SMARTS) is 1. The van der Waals surface area contributed by atoms with E-state index in [1.165, 1.54) is 11.8 Å². The Hall–Kier alpha value is -3.20. The molecule has 3 N–H and O–H groups in total. The predicted molar refractivity (Wildman–Crippen MR) is 163 cm³/mol. The molecule has 6 nitrogen and oxygen atoms in total. The molecule has 0 aromatic heterocycles. The summed E-state index contributed by atoms with van der Waals surface area (Å²) >= 11 is 25.7. The minimum absolute atomic E-state index is 0.219. The monoisotopic (exact) mass is 632 g/mol. The molecule has 4 aromatic rings. The Balaban J connectivity index is 1.63. The van der Waals surface area contributed by atoms with Gasteiger partial charge in [0.05, 0.1) is 31.2 Å². The van der Waals surface area contributed by atoms with Gasteiger partial charge in [-0.1, -0.05) is 101 Å². The van der Waals surface area contributed by atoms with Crippen LogP contribution in [0.4, 0.5) is 11.4 Å². The lowest BCUT2D eigenvalue weighted by Gasteiger charge is -2.18. The zero-order valence-electron chi connectivity index (χ0n) is 20.7. The molecule has 2 amide bonds. The Bertz CT molecular complexity index is 1620. The molecular weight excluding hydrogens is 614 g/mol. The van der Waals surface area contributed by atoms with Crippen molar-refractivity contribution >= 4 is 87.3 Å². The summed E-state index contributed by atoms with van der Waals surface area (Å²) < 4.78 is 0. The summed E-state index contributed by atoms with van der Waals surface area (Å²) in [5.74, 6) is -2.56. The van der Waals surface area contributed by atoms with Crippen LogP contribution in [0.3, 0.4) is 0 Å². The quantitative estimate of drug-likeness (QED) is 0.102. The number of hydrogen-bond acceptors (Lipinski definition) is 4. The molecule has 0 radical (unpaired) electrons. The SMILES string of the molecule is Cc1ccccc1NC(=O)C(Sc1cccc(NC(=O)c2c(Cl)c(Cl)c(Cl)c(Cl)c2C(=O)O)c1)c1ccccc1. The number of amides is 2. The lowest BCUT2D eigenvalue weighted by Crippen LogP contribution is -2.19. The normalized spacial score (nSPS) is 11.5. The van der Waals surface area contributed by atoms with Crippen molar-refractivity contribution in [3.63, 3.8) is 0 Å². The molecule has 0 saturated carbocycles. The summed E-state index contributed by atoms with van der Waals surface area (Å²) in [5.41, 5.74) is 1.76. The first kappa shape index (κ1) is 29.8. The maximum Gasteiger partial charge on any atom is 0.338 e. The number of nitrogens with one attached hydrogen (secondary N) is 2. The number of anilines is 2. The molecule has 0 aliphatic rings. The molecule has 0 saturated heterocycles. The number of aryl methyl sites for hydroxylation is 1. The Labute approximate surface area is 254 Å². The van der Waals surface area contributed by atoms with Crippen molar-refractivity contribution in [1.29, 1.82) is 0 Å². The highest BCUT2D eigenvalue weighted by molar-refractivity contribution is 8.00. The number of para-hydroxylation sites is 1. The van der Waals surface area contributed by atoms with Gasteiger partial charge in [0.2, 0.25) is 5.91 Å². The molecule has 0 spiro atoms. The number of carbonyl (C=O) groups excluding carboxylic acids is 2. The van der Waals surface area contributed by atoms with E-state index in [1.54, 1.807) is 24.3 Å². The van der Waals surface area contributed by atoms with Crippen molar-refractivity contribution in [2.24, 2.45) is 0 Å². The van der Waals surface area contributed by atoms with Gasteiger partial charge in [-0.25, -0.2) is 4.79 Å². The van der Waals surface area contributed by atoms with Gasteiger partial charge < -0.3 is 15.7 Å². The highest BCUT2D eigenvalue weighted by Gasteiger charge is 2.29. The first-order chi connectivity index (χ1) is 19.1. The minimum Gasteiger partial charge on any atom is -0.478 e. The van der Waals surface area contributed by atoms with Crippen LogP contribution in [0.2, 0.25) is 20.1 Å². The number of halogens is 4. The second-order valence-electron chi connectivity index (χ2n) is 8.51. The number of benzene rings is 4. The van der Waals surface area contributed by atoms with E-state index < -0.39 is 33.3 Å². The fraction of sp³-hybridized carbons (Fsp3) is 0.0690. The van der Waals surface area contributed by atoms with Gasteiger partial charge in [-0.2, -0.15) is 0 Å². The Morgan fingerprint density at radius 2 is 1.38 bits per heavy atom. The third kappa shape index (κ3) is 6.57. The number of carboxylic acids is 1. The largest absolute Gasteiger partial charge is 0.478 e. The van der Waals surface area contributed by atoms with Crippen molar-refractivity contribution < 1.29 is 19.5 Å². The van der Waals surface area contributed by atoms with Crippen LogP contribution in [0, 0.1) is 6.92 Å². The van der Waals surface area contributed by atoms with Gasteiger partial charge in [-0.05, 0) is 42.3 Å². The fourth-order valence-corrected chi connectivity index (χ4v) is 5.94. The lowest BCUT2D eigenvalue weighted by molar-refractivity contribution is -0.115. The molecule has 204 valence electrons. The van der Waals surface area contributed by atoms with E-state index in [1.807, 2.05) is 61.5 Å². The molecule has 0 bridgehead atoms. The lowest BCUT2D eigenvalue weighted by atomic mass is 10.1. The molecule has 4 rings (SSSR count). The molecule has 0 aliphatic heterocycles. The first-order valence-corrected chi connectivity index (χ1v) is 14.1. The molecule has 4 aromatic carbocycles. The number of hydrogen-bond donors (Lipinski definition) is 3. The second kappa shape index (κ2) is 13.0. The van der Waals surface area contributed by atoms with Crippen LogP contribution in [0.1, 0.15) is 37.1 Å². The summed E-state index contributed by atoms with van der Waals surface area (Å²) in [6.45, 7) is 1.91. The van der Waals surface area contributed by atoms with E-state index in [4.69, 9.17) is 46.4 Å². The maximum absolute atomic E-state index is 13.4. The van der Waals surface area contributed by atoms with E-state index in [2.05, 4.69) is 10.6 Å². The highest BCUT2D eigenvalue weighted by Crippen LogP contribution is 2.42. The summed E-state index contributed by atoms with van der Waals surface area (Å²) in [4.78, 5) is 39.2. The Kier molecular flexibility index (Phi) is 9.66. The average Bonchev–Trinajstić information content (AvgIpc) is 2.94. The molecule has 11 heteroatoms. The van der Waals surface area contributed by atoms with Crippen molar-refractivity contribution in [2.75, 3.05) is 10.6 Å². The van der Waals surface area contributed by atoms with Crippen molar-refractivity contribution in [3.8, 4) is 0 Å². The molecule has 1 unspecified atom stereocenters. The van der Waals surface area contributed by atoms with Crippen LogP contribution in [-0.2, 0) is 4.79 Å². The zero-order chi connectivity index (χ0) is 29.0. The predicted octanol–water partition coefficient (Wildman–Crippen LogP) is 9.03. The standard InChI is InChI=1S/C29H20Cl4N2O4S/c1-15-8-5-6-13-19(15)35-28(37)26(16-9-3-2-4-10-16)40-18-12-7-11-17(14-18)34-27(36)20-21(29(38)39)23(31)25(33)24(32)22(20)30/h2-14,26H,1H3,(H,34,36)(H,35,37)(H,38,39). The van der Waals surface area contributed by atoms with E-state index >= 15 is 0 Å². The van der Waals surface area contributed by atoms with Crippen LogP contribution in [-0.4, -0.2) is 22.9 Å². The third-order valence-corrected chi connectivity index (χ3v) is 8.85. The number of thioether (sulfide) groups is 1. The van der Waals surface area contributed by atoms with Gasteiger partial charge in [0, 0.05) is 16.3 Å². The van der Waals surface area contributed by atoms with Gasteiger partial charge in [-0.15, -0.1) is 11.8 Å². The molecule has 0 aliphatic carbocycles. The van der Waals surface area contributed by atoms with Gasteiger partial charge in [0.25, 0.3) is 5.91 Å². The van der Waals surface area contributed by atoms with Crippen molar-refractivity contribution in [1.82, 2.24) is 0 Å². The number of carbonyl (C=O) groups is 3. The summed E-state index contributed by atoms with van der Waals surface area (Å²) in [6.07, 6.45) is 0. The topological polar surface area (TPSA) is 95.5 Å². The molecule has 1 atom stereocenters. The van der Waals surface area contributed by atoms with E-state index in [9.17, 15) is 19.5 Å². The van der Waals surface area contributed by atoms with E-state index in [0.29, 0.717) is 16.3 Å². The summed E-state index contributed by atoms with van der Waals surface area (Å²) in [6, 6.07) is 23.6. The van der Waals surface area contributed by atoms with Crippen LogP contribution < -0.4 is 10.6 Å². The van der Waals surface area contributed by atoms with E-state index in [-0.39, 0.29) is 21.0 Å². The van der Waals surface area contributed by atoms with E-state index in [0.717, 1.165) is 11.1 Å². The van der Waals surface area contributed by atoms with Crippen LogP contribution in [0.25, 0.3) is 0 Å². The summed E-state index contributed by atoms with van der Waals surface area (Å²) in [7, 11) is 0. The summed E-state index contributed by atoms with van der Waals surface area (Å²) in [5, 5.41) is 13.4. The molecule has 0 heterocycles. The second-order valence-corrected chi connectivity index (χ2v) is 11.2. The first-order valence-electron chi connectivity index (χ1n) is 11.7. The molecular formula is C29H20Cl4N2O4S. The third-order valence-electron chi connectivity index (χ3n) is 5.80. The average molecular weight is 634 g/mol. The molecule has 0 fully saturated rings. The van der Waals surface area contributed by atoms with Crippen LogP contribution in [0.5, 0.6) is 0 Å². The van der Waals surface area contributed by atoms with Gasteiger partial charge in [0.1, 0.15) is 5.25 Å². The van der Waals surface area contributed by atoms with Crippen LogP contribution in [0.15, 0.2) is 83.8 Å². The maximum atomic E-state index is 13.4. The zero-order valence-corrected chi connectivity index (χ0v) is 24.5.